The van der Waals surface area contributed by atoms with Gasteiger partial charge in [-0.2, -0.15) is 0 Å². The van der Waals surface area contributed by atoms with E-state index in [4.69, 9.17) is 16.7 Å². The van der Waals surface area contributed by atoms with E-state index in [2.05, 4.69) is 0 Å². The Morgan fingerprint density at radius 2 is 1.83 bits per heavy atom. The first-order chi connectivity index (χ1) is 11.2. The van der Waals surface area contributed by atoms with Crippen LogP contribution in [0.2, 0.25) is 5.02 Å². The van der Waals surface area contributed by atoms with Crippen molar-refractivity contribution in [3.63, 3.8) is 0 Å². The number of benzene rings is 2. The molecule has 5 nitrogen and oxygen atoms in total. The Bertz CT molecular complexity index is 1050. The Morgan fingerprint density at radius 3 is 2.46 bits per heavy atom. The second-order valence-electron chi connectivity index (χ2n) is 5.57. The van der Waals surface area contributed by atoms with Crippen molar-refractivity contribution in [2.75, 3.05) is 0 Å². The number of halogens is 1. The van der Waals surface area contributed by atoms with Crippen LogP contribution in [0.1, 0.15) is 21.6 Å². The zero-order valence-electron chi connectivity index (χ0n) is 13.1. The van der Waals surface area contributed by atoms with Crippen LogP contribution in [0.3, 0.4) is 0 Å². The van der Waals surface area contributed by atoms with E-state index in [1.807, 2.05) is 31.2 Å². The molecule has 1 aromatic heterocycles. The summed E-state index contributed by atoms with van der Waals surface area (Å²) in [4.78, 5) is 12.7. The molecule has 0 bridgehead atoms. The number of rotatable bonds is 3. The van der Waals surface area contributed by atoms with E-state index in [1.165, 1.54) is 18.2 Å². The van der Waals surface area contributed by atoms with E-state index >= 15 is 0 Å². The van der Waals surface area contributed by atoms with Crippen molar-refractivity contribution in [2.24, 2.45) is 12.2 Å². The summed E-state index contributed by atoms with van der Waals surface area (Å²) in [5.74, 6) is -0.284. The fourth-order valence-corrected chi connectivity index (χ4v) is 3.98. The number of carbonyl (C=O) groups is 1. The van der Waals surface area contributed by atoms with Gasteiger partial charge in [0.2, 0.25) is 15.8 Å². The third-order valence-corrected chi connectivity index (χ3v) is 5.47. The van der Waals surface area contributed by atoms with Gasteiger partial charge in [-0.3, -0.25) is 4.79 Å². The molecule has 3 rings (SSSR count). The molecule has 7 heteroatoms. The van der Waals surface area contributed by atoms with Crippen molar-refractivity contribution in [3.05, 3.63) is 64.3 Å². The van der Waals surface area contributed by atoms with E-state index in [0.29, 0.717) is 5.69 Å². The molecule has 0 aliphatic heterocycles. The van der Waals surface area contributed by atoms with Crippen molar-refractivity contribution in [1.82, 2.24) is 4.57 Å². The SMILES string of the molecule is Cc1c(C(=O)c2ccc(Cl)c(S(N)(=O)=O)c2)n(C)c2ccccc12. The number of ketones is 1. The lowest BCUT2D eigenvalue weighted by molar-refractivity contribution is 0.103. The molecule has 3 aromatic rings. The van der Waals surface area contributed by atoms with Gasteiger partial charge in [-0.1, -0.05) is 29.8 Å². The lowest BCUT2D eigenvalue weighted by Crippen LogP contribution is -2.15. The number of hydrogen-bond donors (Lipinski definition) is 1. The van der Waals surface area contributed by atoms with Crippen LogP contribution < -0.4 is 5.14 Å². The minimum atomic E-state index is -4.01. The highest BCUT2D eigenvalue weighted by Crippen LogP contribution is 2.28. The summed E-state index contributed by atoms with van der Waals surface area (Å²) >= 11 is 5.88. The van der Waals surface area contributed by atoms with Crippen LogP contribution in [0.15, 0.2) is 47.4 Å². The molecule has 0 fully saturated rings. The van der Waals surface area contributed by atoms with E-state index in [-0.39, 0.29) is 21.3 Å². The Balaban J connectivity index is 2.21. The molecule has 0 amide bonds. The van der Waals surface area contributed by atoms with Gasteiger partial charge in [0.15, 0.2) is 0 Å². The lowest BCUT2D eigenvalue weighted by atomic mass is 10.0. The van der Waals surface area contributed by atoms with E-state index < -0.39 is 10.0 Å². The largest absolute Gasteiger partial charge is 0.341 e. The zero-order chi connectivity index (χ0) is 17.6. The van der Waals surface area contributed by atoms with Crippen LogP contribution in [-0.4, -0.2) is 18.8 Å². The van der Waals surface area contributed by atoms with Gasteiger partial charge in [-0.05, 0) is 36.8 Å². The molecular weight excluding hydrogens is 348 g/mol. The molecule has 124 valence electrons. The average Bonchev–Trinajstić information content (AvgIpc) is 2.78. The summed E-state index contributed by atoms with van der Waals surface area (Å²) in [7, 11) is -2.20. The summed E-state index contributed by atoms with van der Waals surface area (Å²) in [6, 6.07) is 11.8. The third-order valence-electron chi connectivity index (χ3n) is 4.08. The van der Waals surface area contributed by atoms with Crippen LogP contribution >= 0.6 is 11.6 Å². The van der Waals surface area contributed by atoms with Gasteiger partial charge in [0.25, 0.3) is 0 Å². The van der Waals surface area contributed by atoms with Gasteiger partial charge in [0, 0.05) is 23.5 Å². The van der Waals surface area contributed by atoms with Crippen LogP contribution in [0.4, 0.5) is 0 Å². The first-order valence-corrected chi connectivity index (χ1v) is 9.05. The fourth-order valence-electron chi connectivity index (χ4n) is 2.90. The Labute approximate surface area is 144 Å². The molecule has 2 aromatic carbocycles. The molecule has 0 radical (unpaired) electrons. The molecule has 0 aliphatic rings. The monoisotopic (exact) mass is 362 g/mol. The van der Waals surface area contributed by atoms with Crippen LogP contribution in [0.25, 0.3) is 10.9 Å². The van der Waals surface area contributed by atoms with Gasteiger partial charge in [-0.15, -0.1) is 0 Å². The van der Waals surface area contributed by atoms with Gasteiger partial charge in [-0.25, -0.2) is 13.6 Å². The molecule has 2 N–H and O–H groups in total. The number of aromatic nitrogens is 1. The first-order valence-electron chi connectivity index (χ1n) is 7.13. The summed E-state index contributed by atoms with van der Waals surface area (Å²) in [6.45, 7) is 1.87. The highest BCUT2D eigenvalue weighted by atomic mass is 35.5. The topological polar surface area (TPSA) is 82.2 Å². The van der Waals surface area contributed by atoms with Gasteiger partial charge in [0.1, 0.15) is 4.90 Å². The van der Waals surface area contributed by atoms with E-state index in [9.17, 15) is 13.2 Å². The zero-order valence-corrected chi connectivity index (χ0v) is 14.6. The van der Waals surface area contributed by atoms with Crippen molar-refractivity contribution >= 4 is 38.3 Å². The summed E-state index contributed by atoms with van der Waals surface area (Å²) in [5.41, 5.74) is 2.49. The maximum Gasteiger partial charge on any atom is 0.239 e. The molecule has 0 saturated heterocycles. The summed E-state index contributed by atoms with van der Waals surface area (Å²) < 4.78 is 25.0. The predicted octanol–water partition coefficient (Wildman–Crippen LogP) is 3.02. The van der Waals surface area contributed by atoms with E-state index in [1.54, 1.807) is 11.6 Å². The highest BCUT2D eigenvalue weighted by Gasteiger charge is 2.22. The first kappa shape index (κ1) is 16.7. The molecule has 1 heterocycles. The highest BCUT2D eigenvalue weighted by molar-refractivity contribution is 7.89. The van der Waals surface area contributed by atoms with Crippen molar-refractivity contribution in [1.29, 1.82) is 0 Å². The number of hydrogen-bond acceptors (Lipinski definition) is 3. The minimum Gasteiger partial charge on any atom is -0.341 e. The van der Waals surface area contributed by atoms with Crippen molar-refractivity contribution < 1.29 is 13.2 Å². The van der Waals surface area contributed by atoms with Gasteiger partial charge < -0.3 is 4.57 Å². The fraction of sp³-hybridized carbons (Fsp3) is 0.118. The molecule has 0 atom stereocenters. The quantitative estimate of drug-likeness (QED) is 0.727. The number of aryl methyl sites for hydroxylation is 2. The molecule has 24 heavy (non-hydrogen) atoms. The van der Waals surface area contributed by atoms with Gasteiger partial charge >= 0.3 is 0 Å². The Hall–Kier alpha value is -2.15. The van der Waals surface area contributed by atoms with E-state index in [0.717, 1.165) is 16.5 Å². The number of fused-ring (bicyclic) bond motifs is 1. The van der Waals surface area contributed by atoms with Crippen molar-refractivity contribution in [2.45, 2.75) is 11.8 Å². The maximum absolute atomic E-state index is 12.9. The second kappa shape index (κ2) is 5.73. The number of nitrogens with zero attached hydrogens (tertiary/aromatic N) is 1. The van der Waals surface area contributed by atoms with Crippen molar-refractivity contribution in [3.8, 4) is 0 Å². The number of sulfonamides is 1. The number of carbonyl (C=O) groups excluding carboxylic acids is 1. The van der Waals surface area contributed by atoms with Crippen LogP contribution in [0.5, 0.6) is 0 Å². The lowest BCUT2D eigenvalue weighted by Gasteiger charge is -2.08. The summed E-state index contributed by atoms with van der Waals surface area (Å²) in [5, 5.41) is 6.12. The van der Waals surface area contributed by atoms with Crippen LogP contribution in [0, 0.1) is 6.92 Å². The van der Waals surface area contributed by atoms with Crippen LogP contribution in [-0.2, 0) is 17.1 Å². The number of nitrogens with two attached hydrogens (primary N) is 1. The van der Waals surface area contributed by atoms with Gasteiger partial charge in [0.05, 0.1) is 10.7 Å². The standard InChI is InChI=1S/C17H15ClN2O3S/c1-10-12-5-3-4-6-14(12)20(2)16(10)17(21)11-7-8-13(18)15(9-11)24(19,22)23/h3-9H,1-2H3,(H2,19,22,23). The average molecular weight is 363 g/mol. The minimum absolute atomic E-state index is 0.0113. The molecule has 0 spiro atoms. The molecule has 0 unspecified atom stereocenters. The second-order valence-corrected chi connectivity index (χ2v) is 7.51. The smallest absolute Gasteiger partial charge is 0.239 e. The molecule has 0 aliphatic carbocycles. The Morgan fingerprint density at radius 1 is 1.17 bits per heavy atom. The third kappa shape index (κ3) is 2.62. The predicted molar refractivity (Wildman–Crippen MR) is 93.9 cm³/mol. The number of para-hydroxylation sites is 1. The Kier molecular flexibility index (Phi) is 3.99. The molecule has 0 saturated carbocycles. The maximum atomic E-state index is 12.9. The molecular formula is C17H15ClN2O3S. The normalized spacial score (nSPS) is 11.8. The number of primary sulfonamides is 1. The summed E-state index contributed by atoms with van der Waals surface area (Å²) in [6.07, 6.45) is 0.